The van der Waals surface area contributed by atoms with Gasteiger partial charge in [0.2, 0.25) is 5.91 Å². The van der Waals surface area contributed by atoms with E-state index in [9.17, 15) is 9.90 Å². The normalized spacial score (nSPS) is 41.2. The van der Waals surface area contributed by atoms with Crippen LogP contribution in [0.5, 0.6) is 0 Å². The summed E-state index contributed by atoms with van der Waals surface area (Å²) < 4.78 is 0. The SMILES string of the molecule is CC12CC3CC(C(=O)N4CCC(N)(CO)CC4)(C1)CC(c1ccccc1)(C3)C2. The fraction of sp³-hybridized carbons (Fsp3) is 0.708. The number of hydrogen-bond donors (Lipinski definition) is 2. The highest BCUT2D eigenvalue weighted by Gasteiger charge is 2.65. The van der Waals surface area contributed by atoms with Crippen molar-refractivity contribution >= 4 is 5.91 Å². The Morgan fingerprint density at radius 2 is 1.82 bits per heavy atom. The predicted octanol–water partition coefficient (Wildman–Crippen LogP) is 3.23. The molecule has 5 aliphatic rings. The number of aliphatic hydroxyl groups excluding tert-OH is 1. The van der Waals surface area contributed by atoms with E-state index >= 15 is 0 Å². The molecule has 1 aliphatic heterocycles. The molecule has 3 N–H and O–H groups in total. The van der Waals surface area contributed by atoms with E-state index in [4.69, 9.17) is 5.73 Å². The highest BCUT2D eigenvalue weighted by Crippen LogP contribution is 2.70. The minimum absolute atomic E-state index is 0.0113. The van der Waals surface area contributed by atoms with E-state index in [0.717, 1.165) is 19.3 Å². The van der Waals surface area contributed by atoms with Gasteiger partial charge in [0.15, 0.2) is 0 Å². The molecule has 6 rings (SSSR count). The van der Waals surface area contributed by atoms with Crippen LogP contribution >= 0.6 is 0 Å². The van der Waals surface area contributed by atoms with Crippen LogP contribution in [-0.4, -0.2) is 41.1 Å². The van der Waals surface area contributed by atoms with Gasteiger partial charge in [-0.3, -0.25) is 4.79 Å². The van der Waals surface area contributed by atoms with Crippen molar-refractivity contribution in [3.63, 3.8) is 0 Å². The number of nitrogens with two attached hydrogens (primary N) is 1. The summed E-state index contributed by atoms with van der Waals surface area (Å²) in [4.78, 5) is 16.0. The average molecular weight is 383 g/mol. The standard InChI is InChI=1S/C24H34N2O2/c1-21-11-18-12-22(14-21,19-5-3-2-4-6-19)16-23(13-18,15-21)20(28)26-9-7-24(25,17-27)8-10-26/h2-6,18,27H,7-17,25H2,1H3. The lowest BCUT2D eigenvalue weighted by Crippen LogP contribution is -2.64. The van der Waals surface area contributed by atoms with Crippen LogP contribution in [0.1, 0.15) is 63.9 Å². The van der Waals surface area contributed by atoms with Gasteiger partial charge in [-0.25, -0.2) is 0 Å². The molecule has 4 atom stereocenters. The van der Waals surface area contributed by atoms with Crippen molar-refractivity contribution in [2.75, 3.05) is 19.7 Å². The molecule has 4 saturated carbocycles. The number of carbonyl (C=O) groups excluding carboxylic acids is 1. The minimum atomic E-state index is -0.504. The maximum Gasteiger partial charge on any atom is 0.228 e. The third-order valence-electron chi connectivity index (χ3n) is 8.55. The first kappa shape index (κ1) is 18.6. The second kappa shape index (κ2) is 6.06. The van der Waals surface area contributed by atoms with E-state index in [0.29, 0.717) is 37.8 Å². The number of amides is 1. The lowest BCUT2D eigenvalue weighted by atomic mass is 9.38. The second-order valence-corrected chi connectivity index (χ2v) is 11.1. The second-order valence-electron chi connectivity index (χ2n) is 11.1. The zero-order chi connectivity index (χ0) is 19.6. The molecule has 5 fully saturated rings. The molecule has 28 heavy (non-hydrogen) atoms. The first-order valence-electron chi connectivity index (χ1n) is 11.0. The maximum absolute atomic E-state index is 13.9. The molecular weight excluding hydrogens is 348 g/mol. The zero-order valence-corrected chi connectivity index (χ0v) is 17.1. The average Bonchev–Trinajstić information content (AvgIpc) is 2.67. The summed E-state index contributed by atoms with van der Waals surface area (Å²) in [5, 5.41) is 9.57. The van der Waals surface area contributed by atoms with Crippen molar-refractivity contribution < 1.29 is 9.90 Å². The Morgan fingerprint density at radius 1 is 1.11 bits per heavy atom. The Bertz CT molecular complexity index is 772. The predicted molar refractivity (Wildman–Crippen MR) is 110 cm³/mol. The summed E-state index contributed by atoms with van der Waals surface area (Å²) in [5.41, 5.74) is 7.45. The molecule has 1 aromatic rings. The Balaban J connectivity index is 1.46. The van der Waals surface area contributed by atoms with E-state index in [1.165, 1.54) is 24.8 Å². The van der Waals surface area contributed by atoms with Crippen LogP contribution in [-0.2, 0) is 10.2 Å². The smallest absolute Gasteiger partial charge is 0.228 e. The third kappa shape index (κ3) is 2.75. The topological polar surface area (TPSA) is 66.6 Å². The van der Waals surface area contributed by atoms with Crippen LogP contribution < -0.4 is 5.73 Å². The first-order chi connectivity index (χ1) is 13.3. The fourth-order valence-corrected chi connectivity index (χ4v) is 7.92. The van der Waals surface area contributed by atoms with Crippen molar-refractivity contribution in [3.8, 4) is 0 Å². The van der Waals surface area contributed by atoms with E-state index in [2.05, 4.69) is 42.2 Å². The highest BCUT2D eigenvalue weighted by atomic mass is 16.3. The number of benzene rings is 1. The molecular formula is C24H34N2O2. The van der Waals surface area contributed by atoms with E-state index in [1.807, 2.05) is 0 Å². The summed E-state index contributed by atoms with van der Waals surface area (Å²) in [7, 11) is 0. The Morgan fingerprint density at radius 3 is 2.46 bits per heavy atom. The molecule has 0 aromatic heterocycles. The Hall–Kier alpha value is -1.39. The van der Waals surface area contributed by atoms with Crippen LogP contribution in [0.4, 0.5) is 0 Å². The quantitative estimate of drug-likeness (QED) is 0.843. The number of likely N-dealkylation sites (tertiary alicyclic amines) is 1. The molecule has 1 aromatic carbocycles. The molecule has 4 bridgehead atoms. The van der Waals surface area contributed by atoms with Crippen LogP contribution in [0, 0.1) is 16.7 Å². The van der Waals surface area contributed by atoms with E-state index in [-0.39, 0.29) is 22.9 Å². The van der Waals surface area contributed by atoms with Gasteiger partial charge >= 0.3 is 0 Å². The van der Waals surface area contributed by atoms with Crippen molar-refractivity contribution in [2.24, 2.45) is 22.5 Å². The first-order valence-corrected chi connectivity index (χ1v) is 11.0. The van der Waals surface area contributed by atoms with Gasteiger partial charge in [0.05, 0.1) is 12.0 Å². The number of piperidine rings is 1. The molecule has 0 spiro atoms. The number of aliphatic hydroxyl groups is 1. The third-order valence-corrected chi connectivity index (χ3v) is 8.55. The van der Waals surface area contributed by atoms with Gasteiger partial charge < -0.3 is 15.7 Å². The van der Waals surface area contributed by atoms with Gasteiger partial charge in [-0.2, -0.15) is 0 Å². The number of nitrogens with zero attached hydrogens (tertiary/aromatic N) is 1. The van der Waals surface area contributed by atoms with Gasteiger partial charge in [0, 0.05) is 18.6 Å². The largest absolute Gasteiger partial charge is 0.394 e. The monoisotopic (exact) mass is 382 g/mol. The summed E-state index contributed by atoms with van der Waals surface area (Å²) in [6.07, 6.45) is 8.30. The van der Waals surface area contributed by atoms with Gasteiger partial charge in [-0.1, -0.05) is 37.3 Å². The molecule has 1 saturated heterocycles. The van der Waals surface area contributed by atoms with Gasteiger partial charge in [-0.05, 0) is 73.7 Å². The molecule has 4 unspecified atom stereocenters. The zero-order valence-electron chi connectivity index (χ0n) is 17.1. The van der Waals surface area contributed by atoms with Gasteiger partial charge in [0.25, 0.3) is 0 Å². The minimum Gasteiger partial charge on any atom is -0.394 e. The summed E-state index contributed by atoms with van der Waals surface area (Å²) in [5.74, 6) is 1.05. The van der Waals surface area contributed by atoms with Crippen LogP contribution in [0.15, 0.2) is 30.3 Å². The van der Waals surface area contributed by atoms with Crippen molar-refractivity contribution in [1.82, 2.24) is 4.90 Å². The molecule has 152 valence electrons. The Kier molecular flexibility index (Phi) is 4.03. The van der Waals surface area contributed by atoms with Gasteiger partial charge in [-0.15, -0.1) is 0 Å². The van der Waals surface area contributed by atoms with Crippen LogP contribution in [0.2, 0.25) is 0 Å². The molecule has 4 heteroatoms. The van der Waals surface area contributed by atoms with Crippen molar-refractivity contribution in [3.05, 3.63) is 35.9 Å². The summed E-state index contributed by atoms with van der Waals surface area (Å²) >= 11 is 0. The number of hydrogen-bond acceptors (Lipinski definition) is 3. The lowest BCUT2D eigenvalue weighted by Gasteiger charge is -2.66. The van der Waals surface area contributed by atoms with Crippen molar-refractivity contribution in [2.45, 2.75) is 69.2 Å². The van der Waals surface area contributed by atoms with Crippen LogP contribution in [0.3, 0.4) is 0 Å². The Labute approximate surface area is 168 Å². The van der Waals surface area contributed by atoms with E-state index in [1.54, 1.807) is 0 Å². The lowest BCUT2D eigenvalue weighted by molar-refractivity contribution is -0.172. The molecule has 4 nitrogen and oxygen atoms in total. The van der Waals surface area contributed by atoms with E-state index < -0.39 is 5.54 Å². The van der Waals surface area contributed by atoms with Crippen molar-refractivity contribution in [1.29, 1.82) is 0 Å². The number of carbonyl (C=O) groups is 1. The summed E-state index contributed by atoms with van der Waals surface area (Å²) in [6.45, 7) is 3.83. The molecule has 1 amide bonds. The molecule has 1 heterocycles. The van der Waals surface area contributed by atoms with Gasteiger partial charge in [0.1, 0.15) is 0 Å². The van der Waals surface area contributed by atoms with Crippen LogP contribution in [0.25, 0.3) is 0 Å². The molecule has 4 aliphatic carbocycles. The fourth-order valence-electron chi connectivity index (χ4n) is 7.92. The highest BCUT2D eigenvalue weighted by molar-refractivity contribution is 5.84. The maximum atomic E-state index is 13.9. The molecule has 0 radical (unpaired) electrons. The summed E-state index contributed by atoms with van der Waals surface area (Å²) in [6, 6.07) is 11.0. The number of rotatable bonds is 3.